The summed E-state index contributed by atoms with van der Waals surface area (Å²) >= 11 is 0. The molecule has 0 aromatic heterocycles. The highest BCUT2D eigenvalue weighted by Crippen LogP contribution is 2.38. The number of carbonyl (C=O) groups is 2. The fourth-order valence-electron chi connectivity index (χ4n) is 1.80. The molecule has 23 heavy (non-hydrogen) atoms. The molecule has 0 heterocycles. The summed E-state index contributed by atoms with van der Waals surface area (Å²) in [5, 5.41) is 2.43. The van der Waals surface area contributed by atoms with Crippen LogP contribution >= 0.6 is 0 Å². The standard InChI is InChI=1S/C16H21NO6/c1-5-23-15(19)10-17-14(18)7-6-11-8-12(20-2)16(22-4)13(9-11)21-3/h6-9H,5,10H2,1-4H3,(H,17,18). The van der Waals surface area contributed by atoms with Crippen LogP contribution in [-0.2, 0) is 14.3 Å². The molecule has 0 fully saturated rings. The highest BCUT2D eigenvalue weighted by atomic mass is 16.5. The third-order valence-electron chi connectivity index (χ3n) is 2.83. The van der Waals surface area contributed by atoms with E-state index in [0.29, 0.717) is 22.8 Å². The lowest BCUT2D eigenvalue weighted by Gasteiger charge is -2.12. The van der Waals surface area contributed by atoms with E-state index in [2.05, 4.69) is 5.32 Å². The first-order valence-electron chi connectivity index (χ1n) is 6.97. The van der Waals surface area contributed by atoms with E-state index in [-0.39, 0.29) is 13.2 Å². The van der Waals surface area contributed by atoms with Crippen LogP contribution < -0.4 is 19.5 Å². The van der Waals surface area contributed by atoms with Crippen molar-refractivity contribution >= 4 is 18.0 Å². The Morgan fingerprint density at radius 2 is 1.70 bits per heavy atom. The van der Waals surface area contributed by atoms with Crippen LogP contribution in [0.3, 0.4) is 0 Å². The monoisotopic (exact) mass is 323 g/mol. The Bertz CT molecular complexity index is 557. The molecule has 126 valence electrons. The summed E-state index contributed by atoms with van der Waals surface area (Å²) in [5.41, 5.74) is 0.686. The Morgan fingerprint density at radius 3 is 2.17 bits per heavy atom. The number of nitrogens with one attached hydrogen (secondary N) is 1. The minimum atomic E-state index is -0.484. The predicted octanol–water partition coefficient (Wildman–Crippen LogP) is 1.40. The molecular weight excluding hydrogens is 302 g/mol. The Hall–Kier alpha value is -2.70. The van der Waals surface area contributed by atoms with Gasteiger partial charge in [-0.05, 0) is 30.7 Å². The van der Waals surface area contributed by atoms with Crippen LogP contribution in [0.25, 0.3) is 6.08 Å². The molecule has 1 amide bonds. The lowest BCUT2D eigenvalue weighted by atomic mass is 10.1. The Morgan fingerprint density at radius 1 is 1.09 bits per heavy atom. The molecule has 0 saturated heterocycles. The molecule has 7 nitrogen and oxygen atoms in total. The summed E-state index contributed by atoms with van der Waals surface area (Å²) < 4.78 is 20.4. The van der Waals surface area contributed by atoms with Gasteiger partial charge in [0.1, 0.15) is 6.54 Å². The van der Waals surface area contributed by atoms with E-state index in [4.69, 9.17) is 18.9 Å². The van der Waals surface area contributed by atoms with Crippen molar-refractivity contribution in [2.45, 2.75) is 6.92 Å². The zero-order valence-electron chi connectivity index (χ0n) is 13.7. The van der Waals surface area contributed by atoms with Gasteiger partial charge in [-0.2, -0.15) is 0 Å². The average Bonchev–Trinajstić information content (AvgIpc) is 2.57. The number of methoxy groups -OCH3 is 3. The molecule has 1 aromatic rings. The molecule has 1 rings (SSSR count). The van der Waals surface area contributed by atoms with Crippen molar-refractivity contribution in [2.24, 2.45) is 0 Å². The number of amides is 1. The van der Waals surface area contributed by atoms with Crippen molar-refractivity contribution in [3.63, 3.8) is 0 Å². The van der Waals surface area contributed by atoms with Gasteiger partial charge in [-0.15, -0.1) is 0 Å². The van der Waals surface area contributed by atoms with Gasteiger partial charge >= 0.3 is 5.97 Å². The molecule has 0 saturated carbocycles. The first kappa shape index (κ1) is 18.3. The molecule has 0 unspecified atom stereocenters. The maximum absolute atomic E-state index is 11.7. The SMILES string of the molecule is CCOC(=O)CNC(=O)C=Cc1cc(OC)c(OC)c(OC)c1. The molecule has 0 radical (unpaired) electrons. The van der Waals surface area contributed by atoms with Crippen molar-refractivity contribution in [3.8, 4) is 17.2 Å². The zero-order chi connectivity index (χ0) is 17.2. The van der Waals surface area contributed by atoms with E-state index in [1.165, 1.54) is 27.4 Å². The normalized spacial score (nSPS) is 10.3. The van der Waals surface area contributed by atoms with Crippen molar-refractivity contribution < 1.29 is 28.5 Å². The number of benzene rings is 1. The Kier molecular flexibility index (Phi) is 7.45. The summed E-state index contributed by atoms with van der Waals surface area (Å²) in [6.07, 6.45) is 2.88. The van der Waals surface area contributed by atoms with E-state index in [0.717, 1.165) is 0 Å². The van der Waals surface area contributed by atoms with Crippen LogP contribution in [0.1, 0.15) is 12.5 Å². The van der Waals surface area contributed by atoms with E-state index >= 15 is 0 Å². The van der Waals surface area contributed by atoms with Crippen molar-refractivity contribution in [2.75, 3.05) is 34.5 Å². The number of ether oxygens (including phenoxy) is 4. The van der Waals surface area contributed by atoms with Crippen molar-refractivity contribution in [1.82, 2.24) is 5.32 Å². The maximum Gasteiger partial charge on any atom is 0.325 e. The summed E-state index contributed by atoms with van der Waals surface area (Å²) in [6.45, 7) is 1.80. The molecule has 0 atom stereocenters. The van der Waals surface area contributed by atoms with Gasteiger partial charge in [0.15, 0.2) is 11.5 Å². The third-order valence-corrected chi connectivity index (χ3v) is 2.83. The van der Waals surface area contributed by atoms with Crippen LogP contribution in [0.15, 0.2) is 18.2 Å². The van der Waals surface area contributed by atoms with Gasteiger partial charge in [0, 0.05) is 6.08 Å². The average molecular weight is 323 g/mol. The highest BCUT2D eigenvalue weighted by molar-refractivity contribution is 5.93. The van der Waals surface area contributed by atoms with Gasteiger partial charge in [-0.25, -0.2) is 0 Å². The number of hydrogen-bond donors (Lipinski definition) is 1. The smallest absolute Gasteiger partial charge is 0.325 e. The first-order chi connectivity index (χ1) is 11.0. The maximum atomic E-state index is 11.7. The van der Waals surface area contributed by atoms with Gasteiger partial charge in [-0.1, -0.05) is 0 Å². The van der Waals surface area contributed by atoms with Crippen LogP contribution in [-0.4, -0.2) is 46.4 Å². The number of esters is 1. The quantitative estimate of drug-likeness (QED) is 0.575. The molecule has 0 aliphatic heterocycles. The number of hydrogen-bond acceptors (Lipinski definition) is 6. The van der Waals surface area contributed by atoms with Gasteiger partial charge in [0.05, 0.1) is 27.9 Å². The van der Waals surface area contributed by atoms with Crippen LogP contribution in [0.4, 0.5) is 0 Å². The lowest BCUT2D eigenvalue weighted by Crippen LogP contribution is -2.29. The van der Waals surface area contributed by atoms with E-state index in [1.807, 2.05) is 0 Å². The van der Waals surface area contributed by atoms with Crippen molar-refractivity contribution in [3.05, 3.63) is 23.8 Å². The molecule has 0 spiro atoms. The number of rotatable bonds is 8. The van der Waals surface area contributed by atoms with E-state index in [1.54, 1.807) is 25.1 Å². The molecule has 0 bridgehead atoms. The largest absolute Gasteiger partial charge is 0.493 e. The highest BCUT2D eigenvalue weighted by Gasteiger charge is 2.12. The van der Waals surface area contributed by atoms with Crippen molar-refractivity contribution in [1.29, 1.82) is 0 Å². The van der Waals surface area contributed by atoms with Crippen LogP contribution in [0.2, 0.25) is 0 Å². The zero-order valence-corrected chi connectivity index (χ0v) is 13.7. The Labute approximate surface area is 135 Å². The third kappa shape index (κ3) is 5.54. The van der Waals surface area contributed by atoms with Crippen LogP contribution in [0, 0.1) is 0 Å². The van der Waals surface area contributed by atoms with E-state index < -0.39 is 11.9 Å². The minimum absolute atomic E-state index is 0.174. The fraction of sp³-hybridized carbons (Fsp3) is 0.375. The topological polar surface area (TPSA) is 83.1 Å². The molecule has 0 aliphatic carbocycles. The van der Waals surface area contributed by atoms with Gasteiger partial charge in [0.25, 0.3) is 0 Å². The summed E-state index contributed by atoms with van der Waals surface area (Å²) in [7, 11) is 4.53. The molecule has 0 aliphatic rings. The van der Waals surface area contributed by atoms with E-state index in [9.17, 15) is 9.59 Å². The predicted molar refractivity (Wildman–Crippen MR) is 84.8 cm³/mol. The van der Waals surface area contributed by atoms with Gasteiger partial charge in [-0.3, -0.25) is 9.59 Å². The second-order valence-corrected chi connectivity index (χ2v) is 4.31. The second kappa shape index (κ2) is 9.34. The molecule has 1 N–H and O–H groups in total. The lowest BCUT2D eigenvalue weighted by molar-refractivity contribution is -0.143. The van der Waals surface area contributed by atoms with Crippen LogP contribution in [0.5, 0.6) is 17.2 Å². The fourth-order valence-corrected chi connectivity index (χ4v) is 1.80. The first-order valence-corrected chi connectivity index (χ1v) is 6.97. The van der Waals surface area contributed by atoms with Gasteiger partial charge in [0.2, 0.25) is 11.7 Å². The summed E-state index contributed by atoms with van der Waals surface area (Å²) in [4.78, 5) is 22.8. The number of carbonyl (C=O) groups excluding carboxylic acids is 2. The molecule has 7 heteroatoms. The molecular formula is C16H21NO6. The minimum Gasteiger partial charge on any atom is -0.493 e. The molecule has 1 aromatic carbocycles. The van der Waals surface area contributed by atoms with Gasteiger partial charge < -0.3 is 24.3 Å². The second-order valence-electron chi connectivity index (χ2n) is 4.31. The summed E-state index contributed by atoms with van der Waals surface area (Å²) in [5.74, 6) is 0.546. The Balaban J connectivity index is 2.79. The summed E-state index contributed by atoms with van der Waals surface area (Å²) in [6, 6.07) is 3.41.